The van der Waals surface area contributed by atoms with Gasteiger partial charge in [-0.25, -0.2) is 0 Å². The zero-order valence-electron chi connectivity index (χ0n) is 13.3. The summed E-state index contributed by atoms with van der Waals surface area (Å²) in [5, 5.41) is 8.62. The van der Waals surface area contributed by atoms with Gasteiger partial charge in [0.15, 0.2) is 0 Å². The molecule has 1 aromatic heterocycles. The molecule has 8 heteroatoms. The molecule has 2 atom stereocenters. The molecule has 3 N–H and O–H groups in total. The maximum Gasteiger partial charge on any atom is 0.255 e. The van der Waals surface area contributed by atoms with Crippen LogP contribution in [0, 0.1) is 0 Å². The van der Waals surface area contributed by atoms with E-state index >= 15 is 0 Å². The Bertz CT molecular complexity index is 621. The maximum atomic E-state index is 12.5. The molecule has 8 nitrogen and oxygen atoms in total. The summed E-state index contributed by atoms with van der Waals surface area (Å²) in [7, 11) is 0. The predicted molar refractivity (Wildman–Crippen MR) is 86.1 cm³/mol. The lowest BCUT2D eigenvalue weighted by Crippen LogP contribution is -2.61. The molecular formula is C16H21N5O3. The van der Waals surface area contributed by atoms with Gasteiger partial charge in [0.1, 0.15) is 12.1 Å². The van der Waals surface area contributed by atoms with Gasteiger partial charge in [-0.05, 0) is 25.0 Å². The second-order valence-corrected chi connectivity index (χ2v) is 5.99. The number of hydrogen-bond acceptors (Lipinski definition) is 5. The number of piperidine rings is 1. The first-order valence-corrected chi connectivity index (χ1v) is 8.16. The van der Waals surface area contributed by atoms with Crippen LogP contribution < -0.4 is 16.0 Å². The molecular weight excluding hydrogens is 310 g/mol. The molecule has 0 aliphatic carbocycles. The van der Waals surface area contributed by atoms with Crippen LogP contribution in [0.3, 0.4) is 0 Å². The van der Waals surface area contributed by atoms with Gasteiger partial charge in [-0.15, -0.1) is 0 Å². The maximum absolute atomic E-state index is 12.5. The van der Waals surface area contributed by atoms with Crippen molar-refractivity contribution >= 4 is 17.7 Å². The van der Waals surface area contributed by atoms with Gasteiger partial charge in [-0.3, -0.25) is 19.4 Å². The molecule has 0 saturated carbocycles. The number of aromatic nitrogens is 1. The van der Waals surface area contributed by atoms with Crippen molar-refractivity contribution in [3.05, 3.63) is 30.1 Å². The Balaban J connectivity index is 1.59. The first kappa shape index (κ1) is 16.4. The minimum absolute atomic E-state index is 0.141. The van der Waals surface area contributed by atoms with Gasteiger partial charge in [0.25, 0.3) is 5.91 Å². The van der Waals surface area contributed by atoms with Crippen LogP contribution in [0.5, 0.6) is 0 Å². The van der Waals surface area contributed by atoms with E-state index < -0.39 is 12.1 Å². The van der Waals surface area contributed by atoms with Crippen LogP contribution in [0.15, 0.2) is 24.5 Å². The Morgan fingerprint density at radius 1 is 1.33 bits per heavy atom. The summed E-state index contributed by atoms with van der Waals surface area (Å²) in [6.07, 6.45) is 4.62. The molecule has 0 spiro atoms. The second kappa shape index (κ2) is 7.39. The minimum Gasteiger partial charge on any atom is -0.354 e. The monoisotopic (exact) mass is 331 g/mol. The third-order valence-corrected chi connectivity index (χ3v) is 4.29. The molecule has 1 aromatic rings. The summed E-state index contributed by atoms with van der Waals surface area (Å²) < 4.78 is 0. The van der Waals surface area contributed by atoms with E-state index in [9.17, 15) is 14.4 Å². The SMILES string of the molecule is O=C(N[C@@H]1CCCNC1=O)[C@@H]1CN(C(=O)c2cccnc2)CCN1. The standard InChI is InChI=1S/C16H21N5O3/c22-14-12(4-2-6-19-14)20-15(23)13-10-21(8-7-18-13)16(24)11-3-1-5-17-9-11/h1,3,5,9,12-13,18H,2,4,6-8,10H2,(H,19,22)(H,20,23)/t12-,13+/m1/s1. The summed E-state index contributed by atoms with van der Waals surface area (Å²) in [6.45, 7) is 1.98. The fourth-order valence-electron chi connectivity index (χ4n) is 2.96. The number of pyridine rings is 1. The third-order valence-electron chi connectivity index (χ3n) is 4.29. The van der Waals surface area contributed by atoms with Crippen LogP contribution in [0.4, 0.5) is 0 Å². The molecule has 2 aliphatic rings. The molecule has 24 heavy (non-hydrogen) atoms. The molecule has 3 amide bonds. The Morgan fingerprint density at radius 3 is 2.96 bits per heavy atom. The Morgan fingerprint density at radius 2 is 2.21 bits per heavy atom. The molecule has 128 valence electrons. The van der Waals surface area contributed by atoms with Crippen LogP contribution in [-0.2, 0) is 9.59 Å². The fraction of sp³-hybridized carbons (Fsp3) is 0.500. The third kappa shape index (κ3) is 3.70. The summed E-state index contributed by atoms with van der Waals surface area (Å²) in [5.74, 6) is -0.535. The van der Waals surface area contributed by atoms with Crippen molar-refractivity contribution < 1.29 is 14.4 Å². The number of piperazine rings is 1. The van der Waals surface area contributed by atoms with Gasteiger partial charge in [-0.1, -0.05) is 0 Å². The predicted octanol–water partition coefficient (Wildman–Crippen LogP) is -1.11. The first-order valence-electron chi connectivity index (χ1n) is 8.16. The van der Waals surface area contributed by atoms with Crippen LogP contribution in [0.2, 0.25) is 0 Å². The smallest absolute Gasteiger partial charge is 0.255 e. The van der Waals surface area contributed by atoms with Gasteiger partial charge < -0.3 is 20.9 Å². The summed E-state index contributed by atoms with van der Waals surface area (Å²) in [4.78, 5) is 42.2. The van der Waals surface area contributed by atoms with Crippen molar-refractivity contribution in [1.29, 1.82) is 0 Å². The van der Waals surface area contributed by atoms with Crippen molar-refractivity contribution in [1.82, 2.24) is 25.8 Å². The van der Waals surface area contributed by atoms with E-state index in [1.165, 1.54) is 6.20 Å². The van der Waals surface area contributed by atoms with E-state index in [0.29, 0.717) is 31.6 Å². The number of carbonyl (C=O) groups is 3. The largest absolute Gasteiger partial charge is 0.354 e. The summed E-state index contributed by atoms with van der Waals surface area (Å²) >= 11 is 0. The van der Waals surface area contributed by atoms with Crippen LogP contribution in [-0.4, -0.2) is 65.9 Å². The highest BCUT2D eigenvalue weighted by Gasteiger charge is 2.31. The van der Waals surface area contributed by atoms with Gasteiger partial charge in [0, 0.05) is 38.6 Å². The van der Waals surface area contributed by atoms with Crippen molar-refractivity contribution in [3.8, 4) is 0 Å². The molecule has 2 aliphatic heterocycles. The number of nitrogens with one attached hydrogen (secondary N) is 3. The fourth-order valence-corrected chi connectivity index (χ4v) is 2.96. The zero-order chi connectivity index (χ0) is 16.9. The highest BCUT2D eigenvalue weighted by atomic mass is 16.2. The molecule has 2 fully saturated rings. The van der Waals surface area contributed by atoms with Crippen LogP contribution in [0.25, 0.3) is 0 Å². The summed E-state index contributed by atoms with van der Waals surface area (Å²) in [5.41, 5.74) is 0.505. The van der Waals surface area contributed by atoms with Crippen molar-refractivity contribution in [3.63, 3.8) is 0 Å². The lowest BCUT2D eigenvalue weighted by Gasteiger charge is -2.34. The lowest BCUT2D eigenvalue weighted by molar-refractivity contribution is -0.131. The Hall–Kier alpha value is -2.48. The topological polar surface area (TPSA) is 103 Å². The van der Waals surface area contributed by atoms with Crippen LogP contribution >= 0.6 is 0 Å². The molecule has 3 heterocycles. The zero-order valence-corrected chi connectivity index (χ0v) is 13.3. The normalized spacial score (nSPS) is 24.2. The highest BCUT2D eigenvalue weighted by molar-refractivity contribution is 5.95. The molecule has 0 radical (unpaired) electrons. The van der Waals surface area contributed by atoms with Crippen molar-refractivity contribution in [2.75, 3.05) is 26.2 Å². The lowest BCUT2D eigenvalue weighted by atomic mass is 10.1. The highest BCUT2D eigenvalue weighted by Crippen LogP contribution is 2.08. The molecule has 0 unspecified atom stereocenters. The minimum atomic E-state index is -0.519. The second-order valence-electron chi connectivity index (χ2n) is 5.99. The Labute approximate surface area is 140 Å². The molecule has 3 rings (SSSR count). The van der Waals surface area contributed by atoms with Gasteiger partial charge in [0.2, 0.25) is 11.8 Å². The van der Waals surface area contributed by atoms with E-state index in [2.05, 4.69) is 20.9 Å². The number of amides is 3. The summed E-state index contributed by atoms with van der Waals surface area (Å²) in [6, 6.07) is 2.41. The van der Waals surface area contributed by atoms with Gasteiger partial charge >= 0.3 is 0 Å². The van der Waals surface area contributed by atoms with E-state index in [1.54, 1.807) is 23.2 Å². The van der Waals surface area contributed by atoms with Gasteiger partial charge in [-0.2, -0.15) is 0 Å². The molecule has 2 saturated heterocycles. The number of hydrogen-bond donors (Lipinski definition) is 3. The average molecular weight is 331 g/mol. The van der Waals surface area contributed by atoms with Crippen molar-refractivity contribution in [2.24, 2.45) is 0 Å². The molecule has 0 bridgehead atoms. The van der Waals surface area contributed by atoms with E-state index in [1.807, 2.05) is 0 Å². The number of carbonyl (C=O) groups excluding carboxylic acids is 3. The van der Waals surface area contributed by atoms with Crippen LogP contribution in [0.1, 0.15) is 23.2 Å². The number of rotatable bonds is 3. The van der Waals surface area contributed by atoms with Gasteiger partial charge in [0.05, 0.1) is 5.56 Å². The number of nitrogens with zero attached hydrogens (tertiary/aromatic N) is 2. The quantitative estimate of drug-likeness (QED) is 0.652. The Kier molecular flexibility index (Phi) is 5.05. The van der Waals surface area contributed by atoms with Crippen molar-refractivity contribution in [2.45, 2.75) is 24.9 Å². The average Bonchev–Trinajstić information content (AvgIpc) is 2.64. The first-order chi connectivity index (χ1) is 11.6. The van der Waals surface area contributed by atoms with E-state index in [4.69, 9.17) is 0 Å². The molecule has 0 aromatic carbocycles. The van der Waals surface area contributed by atoms with E-state index in [0.717, 1.165) is 6.42 Å². The van der Waals surface area contributed by atoms with E-state index in [-0.39, 0.29) is 24.3 Å².